The molecule has 0 aliphatic heterocycles. The number of nitrogens with one attached hydrogen (secondary N) is 1. The third kappa shape index (κ3) is 4.82. The van der Waals surface area contributed by atoms with Crippen LogP contribution in [-0.4, -0.2) is 25.3 Å². The van der Waals surface area contributed by atoms with Gasteiger partial charge in [-0.25, -0.2) is 9.97 Å². The van der Waals surface area contributed by atoms with E-state index in [9.17, 15) is 4.79 Å². The lowest BCUT2D eigenvalue weighted by molar-refractivity contribution is 0.103. The van der Waals surface area contributed by atoms with E-state index in [-0.39, 0.29) is 5.78 Å². The molecule has 6 heteroatoms. The summed E-state index contributed by atoms with van der Waals surface area (Å²) in [6, 6.07) is 19.8. The van der Waals surface area contributed by atoms with E-state index in [0.29, 0.717) is 29.5 Å². The fraction of sp³-hybridized carbons (Fsp3) is 0.273. The Morgan fingerprint density at radius 3 is 2.41 bits per heavy atom. The van der Waals surface area contributed by atoms with Crippen molar-refractivity contribution in [3.8, 4) is 18.4 Å². The topological polar surface area (TPSA) is 87.4 Å². The number of aromatic nitrogens is 4. The number of imidazole rings is 1. The molecule has 0 spiro atoms. The molecule has 6 rings (SSSR count). The van der Waals surface area contributed by atoms with Gasteiger partial charge in [-0.3, -0.25) is 4.79 Å². The minimum absolute atomic E-state index is 0.0121. The van der Waals surface area contributed by atoms with Crippen LogP contribution >= 0.6 is 0 Å². The number of nitrogens with zero attached hydrogens (tertiary/aromatic N) is 4. The van der Waals surface area contributed by atoms with Gasteiger partial charge in [0.25, 0.3) is 0 Å². The summed E-state index contributed by atoms with van der Waals surface area (Å²) in [7, 11) is 0. The zero-order valence-corrected chi connectivity index (χ0v) is 21.7. The maximum Gasteiger partial charge on any atom is 0.193 e. The lowest BCUT2D eigenvalue weighted by atomic mass is 9.84. The molecule has 0 atom stereocenters. The van der Waals surface area contributed by atoms with Crippen molar-refractivity contribution in [1.29, 1.82) is 5.26 Å². The lowest BCUT2D eigenvalue weighted by Crippen LogP contribution is -2.20. The molecule has 0 radical (unpaired) electrons. The average molecular weight is 512 g/mol. The van der Waals surface area contributed by atoms with Crippen LogP contribution in [0.1, 0.15) is 71.0 Å². The molecule has 1 aliphatic carbocycles. The summed E-state index contributed by atoms with van der Waals surface area (Å²) in [6.45, 7) is 0. The summed E-state index contributed by atoms with van der Waals surface area (Å²) in [6.07, 6.45) is 15.7. The average Bonchev–Trinajstić information content (AvgIpc) is 3.61. The Kier molecular flexibility index (Phi) is 6.69. The molecule has 39 heavy (non-hydrogen) atoms. The van der Waals surface area contributed by atoms with Gasteiger partial charge in [-0.15, -0.1) is 6.42 Å². The fourth-order valence-corrected chi connectivity index (χ4v) is 5.91. The summed E-state index contributed by atoms with van der Waals surface area (Å²) in [4.78, 5) is 25.8. The van der Waals surface area contributed by atoms with Gasteiger partial charge in [0, 0.05) is 47.2 Å². The largest absolute Gasteiger partial charge is 0.346 e. The van der Waals surface area contributed by atoms with Crippen LogP contribution in [0.5, 0.6) is 0 Å². The first-order valence-corrected chi connectivity index (χ1v) is 13.5. The number of H-pyrrole nitrogens is 1. The minimum Gasteiger partial charge on any atom is -0.346 e. The molecule has 192 valence electrons. The van der Waals surface area contributed by atoms with Crippen LogP contribution in [0.3, 0.4) is 0 Å². The predicted molar refractivity (Wildman–Crippen MR) is 152 cm³/mol. The monoisotopic (exact) mass is 511 g/mol. The van der Waals surface area contributed by atoms with Crippen molar-refractivity contribution in [2.75, 3.05) is 0 Å². The first-order chi connectivity index (χ1) is 19.1. The van der Waals surface area contributed by atoms with Crippen molar-refractivity contribution in [3.05, 3.63) is 95.1 Å². The molecule has 6 nitrogen and oxygen atoms in total. The Bertz CT molecular complexity index is 1720. The SMILES string of the molecule is C#Cc1ccc(C(=O)c2ccc(CCc3nc4cnc5[nH]ccc5c4n3C3CCC(CC#N)CC3)cc2)cc1. The molecular formula is C33H29N5O. The minimum atomic E-state index is -0.0121. The van der Waals surface area contributed by atoms with Gasteiger partial charge in [0.2, 0.25) is 0 Å². The normalized spacial score (nSPS) is 17.2. The molecular weight excluding hydrogens is 482 g/mol. The Morgan fingerprint density at radius 2 is 1.72 bits per heavy atom. The van der Waals surface area contributed by atoms with E-state index in [4.69, 9.17) is 16.7 Å². The Hall–Kier alpha value is -4.68. The maximum absolute atomic E-state index is 12.9. The molecule has 3 heterocycles. The molecule has 0 unspecified atom stereocenters. The van der Waals surface area contributed by atoms with Gasteiger partial charge < -0.3 is 9.55 Å². The van der Waals surface area contributed by atoms with E-state index in [0.717, 1.165) is 77.5 Å². The zero-order chi connectivity index (χ0) is 26.8. The number of aromatic amines is 1. The van der Waals surface area contributed by atoms with Gasteiger partial charge in [0.05, 0.1) is 17.8 Å². The number of carbonyl (C=O) groups excluding carboxylic acids is 1. The van der Waals surface area contributed by atoms with Crippen LogP contribution in [0, 0.1) is 29.6 Å². The Balaban J connectivity index is 1.24. The molecule has 2 aromatic carbocycles. The van der Waals surface area contributed by atoms with E-state index >= 15 is 0 Å². The van der Waals surface area contributed by atoms with Crippen molar-refractivity contribution in [2.24, 2.45) is 5.92 Å². The molecule has 0 amide bonds. The van der Waals surface area contributed by atoms with Crippen molar-refractivity contribution in [2.45, 2.75) is 51.0 Å². The number of terminal acetylenes is 1. The van der Waals surface area contributed by atoms with Crippen LogP contribution in [0.25, 0.3) is 22.1 Å². The molecule has 1 N–H and O–H groups in total. The number of hydrogen-bond donors (Lipinski definition) is 1. The predicted octanol–water partition coefficient (Wildman–Crippen LogP) is 6.56. The quantitative estimate of drug-likeness (QED) is 0.198. The Labute approximate surface area is 227 Å². The summed E-state index contributed by atoms with van der Waals surface area (Å²) in [5.74, 6) is 4.13. The summed E-state index contributed by atoms with van der Waals surface area (Å²) in [5, 5.41) is 10.3. The molecule has 1 fully saturated rings. The van der Waals surface area contributed by atoms with Gasteiger partial charge in [-0.2, -0.15) is 5.26 Å². The second-order valence-electron chi connectivity index (χ2n) is 10.4. The molecule has 3 aromatic heterocycles. The molecule has 0 bridgehead atoms. The summed E-state index contributed by atoms with van der Waals surface area (Å²) >= 11 is 0. The van der Waals surface area contributed by atoms with E-state index in [2.05, 4.69) is 32.6 Å². The molecule has 1 aliphatic rings. The number of pyridine rings is 1. The van der Waals surface area contributed by atoms with Crippen molar-refractivity contribution < 1.29 is 4.79 Å². The first kappa shape index (κ1) is 24.6. The maximum atomic E-state index is 12.9. The standard InChI is InChI=1S/C33H29N5O/c1-2-22-3-10-25(11-4-22)32(39)26-12-5-23(6-13-26)9-16-30-37-29-21-36-33-28(18-20-35-33)31(29)38(30)27-14-7-24(8-15-27)17-19-34/h1,3-6,10-13,18,20-21,24,27H,7-9,14-17H2,(H,35,36). The van der Waals surface area contributed by atoms with E-state index in [1.54, 1.807) is 24.3 Å². The number of fused-ring (bicyclic) bond motifs is 3. The highest BCUT2D eigenvalue weighted by Crippen LogP contribution is 2.38. The second-order valence-corrected chi connectivity index (χ2v) is 10.4. The number of benzene rings is 2. The highest BCUT2D eigenvalue weighted by Gasteiger charge is 2.26. The molecule has 0 saturated heterocycles. The van der Waals surface area contributed by atoms with Gasteiger partial charge in [-0.1, -0.05) is 30.2 Å². The van der Waals surface area contributed by atoms with Gasteiger partial charge >= 0.3 is 0 Å². The number of aryl methyl sites for hydroxylation is 2. The highest BCUT2D eigenvalue weighted by molar-refractivity contribution is 6.09. The van der Waals surface area contributed by atoms with Gasteiger partial charge in [0.15, 0.2) is 5.78 Å². The number of ketones is 1. The van der Waals surface area contributed by atoms with Gasteiger partial charge in [0.1, 0.15) is 17.0 Å². The van der Waals surface area contributed by atoms with E-state index in [1.165, 1.54) is 0 Å². The van der Waals surface area contributed by atoms with Gasteiger partial charge in [-0.05, 0) is 73.9 Å². The van der Waals surface area contributed by atoms with Crippen LogP contribution < -0.4 is 0 Å². The van der Waals surface area contributed by atoms with Crippen LogP contribution in [-0.2, 0) is 12.8 Å². The van der Waals surface area contributed by atoms with Crippen LogP contribution in [0.2, 0.25) is 0 Å². The Morgan fingerprint density at radius 1 is 1.00 bits per heavy atom. The number of nitriles is 1. The van der Waals surface area contributed by atoms with Crippen LogP contribution in [0.4, 0.5) is 0 Å². The second kappa shape index (κ2) is 10.6. The summed E-state index contributed by atoms with van der Waals surface area (Å²) in [5.41, 5.74) is 6.16. The molecule has 1 saturated carbocycles. The van der Waals surface area contributed by atoms with Crippen LogP contribution in [0.15, 0.2) is 67.0 Å². The van der Waals surface area contributed by atoms with E-state index < -0.39 is 0 Å². The van der Waals surface area contributed by atoms with Crippen molar-refractivity contribution in [1.82, 2.24) is 19.5 Å². The third-order valence-electron chi connectivity index (χ3n) is 8.04. The zero-order valence-electron chi connectivity index (χ0n) is 21.7. The number of carbonyl (C=O) groups is 1. The number of hydrogen-bond acceptors (Lipinski definition) is 4. The lowest BCUT2D eigenvalue weighted by Gasteiger charge is -2.30. The molecule has 5 aromatic rings. The van der Waals surface area contributed by atoms with Crippen molar-refractivity contribution in [3.63, 3.8) is 0 Å². The summed E-state index contributed by atoms with van der Waals surface area (Å²) < 4.78 is 2.45. The fourth-order valence-electron chi connectivity index (χ4n) is 5.91. The third-order valence-corrected chi connectivity index (χ3v) is 8.04. The van der Waals surface area contributed by atoms with Crippen molar-refractivity contribution >= 4 is 27.9 Å². The first-order valence-electron chi connectivity index (χ1n) is 13.5. The van der Waals surface area contributed by atoms with E-state index in [1.807, 2.05) is 36.7 Å². The highest BCUT2D eigenvalue weighted by atomic mass is 16.1. The number of rotatable bonds is 7. The smallest absolute Gasteiger partial charge is 0.193 e.